The molecule has 3 rings (SSSR count). The van der Waals surface area contributed by atoms with E-state index in [1.807, 2.05) is 0 Å². The van der Waals surface area contributed by atoms with Crippen LogP contribution in [0.25, 0.3) is 11.1 Å². The van der Waals surface area contributed by atoms with Crippen molar-refractivity contribution in [2.24, 2.45) is 5.92 Å². The molecule has 0 fully saturated rings. The molecule has 2 aromatic rings. The maximum atomic E-state index is 3.40. The lowest BCUT2D eigenvalue weighted by Crippen LogP contribution is -2.12. The second-order valence-corrected chi connectivity index (χ2v) is 6.59. The molecule has 1 nitrogen and oxygen atoms in total. The minimum atomic E-state index is 0.544. The highest BCUT2D eigenvalue weighted by Gasteiger charge is 2.20. The van der Waals surface area contributed by atoms with Crippen LogP contribution in [-0.4, -0.2) is 7.05 Å². The van der Waals surface area contributed by atoms with E-state index in [0.717, 1.165) is 6.42 Å². The average molecular weight is 279 g/mol. The Balaban J connectivity index is 1.84. The first kappa shape index (κ1) is 14.3. The third-order valence-corrected chi connectivity index (χ3v) is 4.50. The fraction of sp³-hybridized carbons (Fsp3) is 0.400. The van der Waals surface area contributed by atoms with Crippen molar-refractivity contribution in [1.29, 1.82) is 0 Å². The number of aryl methyl sites for hydroxylation is 1. The Morgan fingerprint density at radius 1 is 1.05 bits per heavy atom. The van der Waals surface area contributed by atoms with Crippen LogP contribution in [0.5, 0.6) is 0 Å². The van der Waals surface area contributed by atoms with E-state index < -0.39 is 0 Å². The molecule has 0 radical (unpaired) electrons. The minimum absolute atomic E-state index is 0.544. The van der Waals surface area contributed by atoms with Gasteiger partial charge in [0.2, 0.25) is 0 Å². The molecular weight excluding hydrogens is 254 g/mol. The van der Waals surface area contributed by atoms with E-state index in [1.165, 1.54) is 40.7 Å². The minimum Gasteiger partial charge on any atom is -0.313 e. The first-order valence-corrected chi connectivity index (χ1v) is 8.07. The lowest BCUT2D eigenvalue weighted by molar-refractivity contribution is 0.590. The quantitative estimate of drug-likeness (QED) is 0.851. The van der Waals surface area contributed by atoms with Crippen molar-refractivity contribution in [3.8, 4) is 11.1 Å². The Bertz CT molecular complexity index is 610. The summed E-state index contributed by atoms with van der Waals surface area (Å²) in [4.78, 5) is 0. The first-order valence-electron chi connectivity index (χ1n) is 8.07. The Morgan fingerprint density at radius 2 is 1.76 bits per heavy atom. The zero-order chi connectivity index (χ0) is 14.8. The molecule has 1 N–H and O–H groups in total. The normalized spacial score (nSPS) is 17.2. The molecule has 110 valence electrons. The maximum absolute atomic E-state index is 3.40. The first-order chi connectivity index (χ1) is 10.2. The summed E-state index contributed by atoms with van der Waals surface area (Å²) in [5, 5.41) is 3.40. The van der Waals surface area contributed by atoms with E-state index in [1.54, 1.807) is 0 Å². The molecule has 1 heteroatoms. The van der Waals surface area contributed by atoms with Crippen LogP contribution >= 0.6 is 0 Å². The lowest BCUT2D eigenvalue weighted by Gasteiger charge is -2.11. The standard InChI is InChI=1S/C20H25N/c1-14(2)12-15-4-6-16(7-5-15)17-8-10-19-18(13-17)9-11-20(19)21-3/h4-8,10,13-14,20-21H,9,11-12H2,1-3H3. The van der Waals surface area contributed by atoms with Crippen molar-refractivity contribution in [2.45, 2.75) is 39.2 Å². The van der Waals surface area contributed by atoms with E-state index in [2.05, 4.69) is 68.7 Å². The van der Waals surface area contributed by atoms with Crippen LogP contribution in [0.1, 0.15) is 43.0 Å². The van der Waals surface area contributed by atoms with Gasteiger partial charge in [0.1, 0.15) is 0 Å². The van der Waals surface area contributed by atoms with Crippen LogP contribution in [0.15, 0.2) is 42.5 Å². The molecule has 1 aliphatic rings. The molecule has 0 saturated carbocycles. The van der Waals surface area contributed by atoms with Gasteiger partial charge in [-0.1, -0.05) is 56.3 Å². The maximum Gasteiger partial charge on any atom is 0.0323 e. The van der Waals surface area contributed by atoms with Crippen molar-refractivity contribution in [3.05, 3.63) is 59.2 Å². The Morgan fingerprint density at radius 3 is 2.43 bits per heavy atom. The summed E-state index contributed by atoms with van der Waals surface area (Å²) in [6, 6.07) is 16.6. The van der Waals surface area contributed by atoms with Gasteiger partial charge < -0.3 is 5.32 Å². The SMILES string of the molecule is CNC1CCc2cc(-c3ccc(CC(C)C)cc3)ccc21. The van der Waals surface area contributed by atoms with Gasteiger partial charge in [-0.05, 0) is 60.0 Å². The molecule has 0 bridgehead atoms. The van der Waals surface area contributed by atoms with E-state index in [-0.39, 0.29) is 0 Å². The van der Waals surface area contributed by atoms with E-state index >= 15 is 0 Å². The fourth-order valence-corrected chi connectivity index (χ4v) is 3.40. The third-order valence-electron chi connectivity index (χ3n) is 4.50. The summed E-state index contributed by atoms with van der Waals surface area (Å²) in [6.07, 6.45) is 3.58. The zero-order valence-electron chi connectivity index (χ0n) is 13.3. The molecule has 21 heavy (non-hydrogen) atoms. The van der Waals surface area contributed by atoms with Crippen molar-refractivity contribution < 1.29 is 0 Å². The van der Waals surface area contributed by atoms with Gasteiger partial charge in [0.15, 0.2) is 0 Å². The van der Waals surface area contributed by atoms with Crippen molar-refractivity contribution >= 4 is 0 Å². The van der Waals surface area contributed by atoms with Crippen LogP contribution < -0.4 is 5.32 Å². The fourth-order valence-electron chi connectivity index (χ4n) is 3.40. The van der Waals surface area contributed by atoms with Gasteiger partial charge in [0.25, 0.3) is 0 Å². The summed E-state index contributed by atoms with van der Waals surface area (Å²) in [7, 11) is 2.06. The molecule has 1 unspecified atom stereocenters. The molecule has 0 spiro atoms. The number of nitrogens with one attached hydrogen (secondary N) is 1. The number of rotatable bonds is 4. The van der Waals surface area contributed by atoms with Crippen molar-refractivity contribution in [1.82, 2.24) is 5.32 Å². The Kier molecular flexibility index (Phi) is 4.12. The van der Waals surface area contributed by atoms with Crippen molar-refractivity contribution in [2.75, 3.05) is 7.05 Å². The van der Waals surface area contributed by atoms with Gasteiger partial charge in [0.05, 0.1) is 0 Å². The highest BCUT2D eigenvalue weighted by Crippen LogP contribution is 2.34. The summed E-state index contributed by atoms with van der Waals surface area (Å²) >= 11 is 0. The molecule has 1 aliphatic carbocycles. The van der Waals surface area contributed by atoms with Crippen LogP contribution in [0.4, 0.5) is 0 Å². The molecule has 0 aromatic heterocycles. The Hall–Kier alpha value is -1.60. The lowest BCUT2D eigenvalue weighted by atomic mass is 9.97. The van der Waals surface area contributed by atoms with Gasteiger partial charge in [-0.25, -0.2) is 0 Å². The van der Waals surface area contributed by atoms with Crippen molar-refractivity contribution in [3.63, 3.8) is 0 Å². The average Bonchev–Trinajstić information content (AvgIpc) is 2.89. The topological polar surface area (TPSA) is 12.0 Å². The second kappa shape index (κ2) is 6.03. The molecule has 0 aliphatic heterocycles. The highest BCUT2D eigenvalue weighted by molar-refractivity contribution is 5.65. The predicted octanol–water partition coefficient (Wildman–Crippen LogP) is 4.76. The highest BCUT2D eigenvalue weighted by atomic mass is 14.9. The van der Waals surface area contributed by atoms with Gasteiger partial charge in [-0.15, -0.1) is 0 Å². The van der Waals surface area contributed by atoms with Crippen LogP contribution in [0.3, 0.4) is 0 Å². The number of hydrogen-bond acceptors (Lipinski definition) is 1. The van der Waals surface area contributed by atoms with Gasteiger partial charge in [0, 0.05) is 6.04 Å². The van der Waals surface area contributed by atoms with Gasteiger partial charge >= 0.3 is 0 Å². The zero-order valence-corrected chi connectivity index (χ0v) is 13.3. The monoisotopic (exact) mass is 279 g/mol. The van der Waals surface area contributed by atoms with E-state index in [0.29, 0.717) is 12.0 Å². The molecular formula is C20H25N. The van der Waals surface area contributed by atoms with Gasteiger partial charge in [-0.2, -0.15) is 0 Å². The van der Waals surface area contributed by atoms with Crippen LogP contribution in [0, 0.1) is 5.92 Å². The van der Waals surface area contributed by atoms with E-state index in [9.17, 15) is 0 Å². The van der Waals surface area contributed by atoms with Crippen LogP contribution in [0.2, 0.25) is 0 Å². The molecule has 2 aromatic carbocycles. The van der Waals surface area contributed by atoms with Gasteiger partial charge in [-0.3, -0.25) is 0 Å². The van der Waals surface area contributed by atoms with Crippen LogP contribution in [-0.2, 0) is 12.8 Å². The molecule has 0 heterocycles. The van der Waals surface area contributed by atoms with E-state index in [4.69, 9.17) is 0 Å². The number of benzene rings is 2. The third kappa shape index (κ3) is 3.03. The molecule has 1 atom stereocenters. The predicted molar refractivity (Wildman–Crippen MR) is 90.5 cm³/mol. The molecule has 0 saturated heterocycles. The summed E-state index contributed by atoms with van der Waals surface area (Å²) in [5.74, 6) is 0.717. The summed E-state index contributed by atoms with van der Waals surface area (Å²) in [6.45, 7) is 4.54. The largest absolute Gasteiger partial charge is 0.313 e. The smallest absolute Gasteiger partial charge is 0.0323 e. The summed E-state index contributed by atoms with van der Waals surface area (Å²) in [5.41, 5.74) is 7.11. The Labute approximate surface area is 128 Å². The molecule has 0 amide bonds. The summed E-state index contributed by atoms with van der Waals surface area (Å²) < 4.78 is 0. The number of hydrogen-bond donors (Lipinski definition) is 1. The second-order valence-electron chi connectivity index (χ2n) is 6.59. The number of fused-ring (bicyclic) bond motifs is 1.